The van der Waals surface area contributed by atoms with E-state index in [1.165, 1.54) is 30.6 Å². The van der Waals surface area contributed by atoms with E-state index in [0.717, 1.165) is 23.2 Å². The zero-order valence-corrected chi connectivity index (χ0v) is 24.0. The molecule has 0 aromatic heterocycles. The van der Waals surface area contributed by atoms with Gasteiger partial charge in [-0.1, -0.05) is 38.7 Å². The normalized spacial score (nSPS) is 13.3. The summed E-state index contributed by atoms with van der Waals surface area (Å²) in [6, 6.07) is 8.45. The summed E-state index contributed by atoms with van der Waals surface area (Å²) in [4.78, 5) is 20.7. The lowest BCUT2D eigenvalue weighted by Crippen LogP contribution is -2.10. The molecule has 0 saturated carbocycles. The van der Waals surface area contributed by atoms with Gasteiger partial charge in [-0.05, 0) is 87.7 Å². The number of aliphatic imine (C=N–C) groups is 2. The fraction of sp³-hybridized carbons (Fsp3) is 0.242. The van der Waals surface area contributed by atoms with Crippen LogP contribution in [0.15, 0.2) is 95.4 Å². The lowest BCUT2D eigenvalue weighted by molar-refractivity contribution is 0.0987. The number of halogens is 2. The first-order valence-corrected chi connectivity index (χ1v) is 13.2. The molecule has 0 aliphatic heterocycles. The molecule has 2 aromatic carbocycles. The topological polar surface area (TPSA) is 63.1 Å². The molecule has 2 rings (SSSR count). The highest BCUT2D eigenvalue weighted by Crippen LogP contribution is 2.28. The standard InChI is InChI=1S/C33H37F2N3O2/c1-8-13-15-28(38-25-16-17-27(29(39)11-4)24(10-3)20-25)23(7)37-21-22(6)26-18-19-30(33(35)32(26)34)40-31(14-9-2)36-12-5/h8-9,12-21,38H,5,10-11H2,1-4,6-7H3/b13-8-,14-9-,22-21+,28-15+,36-31+,37-23+. The molecule has 1 N–H and O–H groups in total. The van der Waals surface area contributed by atoms with Crippen molar-refractivity contribution in [2.75, 3.05) is 5.32 Å². The Morgan fingerprint density at radius 1 is 1.02 bits per heavy atom. The second-order valence-electron chi connectivity index (χ2n) is 8.75. The highest BCUT2D eigenvalue weighted by Gasteiger charge is 2.17. The van der Waals surface area contributed by atoms with E-state index >= 15 is 0 Å². The van der Waals surface area contributed by atoms with Crippen LogP contribution in [0.3, 0.4) is 0 Å². The number of nitrogens with zero attached hydrogens (tertiary/aromatic N) is 2. The van der Waals surface area contributed by atoms with Crippen LogP contribution in [-0.2, 0) is 6.42 Å². The Morgan fingerprint density at radius 3 is 2.38 bits per heavy atom. The van der Waals surface area contributed by atoms with E-state index in [9.17, 15) is 13.6 Å². The van der Waals surface area contributed by atoms with Crippen LogP contribution in [0.2, 0.25) is 0 Å². The molecule has 0 fully saturated rings. The van der Waals surface area contributed by atoms with Crippen LogP contribution in [0, 0.1) is 11.6 Å². The third kappa shape index (κ3) is 8.56. The molecule has 0 amide bonds. The lowest BCUT2D eigenvalue weighted by atomic mass is 9.99. The van der Waals surface area contributed by atoms with Gasteiger partial charge in [0.1, 0.15) is 0 Å². The number of nitrogens with one attached hydrogen (secondary N) is 1. The second kappa shape index (κ2) is 15.9. The van der Waals surface area contributed by atoms with Crippen LogP contribution >= 0.6 is 0 Å². The van der Waals surface area contributed by atoms with Gasteiger partial charge in [0.15, 0.2) is 17.3 Å². The van der Waals surface area contributed by atoms with Gasteiger partial charge in [0.25, 0.3) is 0 Å². The summed E-state index contributed by atoms with van der Waals surface area (Å²) in [5, 5.41) is 3.37. The third-order valence-electron chi connectivity index (χ3n) is 5.90. The van der Waals surface area contributed by atoms with Gasteiger partial charge in [-0.2, -0.15) is 4.39 Å². The molecule has 0 radical (unpaired) electrons. The molecule has 0 atom stereocenters. The van der Waals surface area contributed by atoms with Gasteiger partial charge >= 0.3 is 0 Å². The smallest absolute Gasteiger partial charge is 0.218 e. The number of anilines is 1. The Hall–Kier alpha value is -4.39. The van der Waals surface area contributed by atoms with Crippen molar-refractivity contribution in [2.45, 2.75) is 54.4 Å². The number of allylic oxidation sites excluding steroid dienone is 6. The highest BCUT2D eigenvalue weighted by atomic mass is 19.2. The molecule has 0 saturated heterocycles. The minimum atomic E-state index is -1.13. The first-order valence-electron chi connectivity index (χ1n) is 13.2. The number of ketones is 1. The maximum Gasteiger partial charge on any atom is 0.218 e. The average molecular weight is 546 g/mol. The van der Waals surface area contributed by atoms with Gasteiger partial charge in [-0.15, -0.1) is 0 Å². The zero-order valence-electron chi connectivity index (χ0n) is 24.0. The van der Waals surface area contributed by atoms with Crippen molar-refractivity contribution in [3.05, 3.63) is 114 Å². The molecule has 40 heavy (non-hydrogen) atoms. The van der Waals surface area contributed by atoms with Gasteiger partial charge in [-0.25, -0.2) is 9.38 Å². The monoisotopic (exact) mass is 545 g/mol. The fourth-order valence-corrected chi connectivity index (χ4v) is 3.72. The van der Waals surface area contributed by atoms with E-state index in [4.69, 9.17) is 4.74 Å². The van der Waals surface area contributed by atoms with Crippen molar-refractivity contribution in [3.63, 3.8) is 0 Å². The number of ether oxygens (including phenoxy) is 1. The number of benzene rings is 2. The molecular weight excluding hydrogens is 508 g/mol. The van der Waals surface area contributed by atoms with Crippen LogP contribution in [0.4, 0.5) is 14.5 Å². The number of hydrogen-bond acceptors (Lipinski definition) is 5. The van der Waals surface area contributed by atoms with Gasteiger partial charge in [0, 0.05) is 35.6 Å². The number of rotatable bonds is 12. The molecule has 5 nitrogen and oxygen atoms in total. The van der Waals surface area contributed by atoms with Crippen LogP contribution in [0.1, 0.15) is 69.4 Å². The Balaban J connectivity index is 2.37. The molecule has 0 aliphatic rings. The Labute approximate surface area is 236 Å². The number of carbonyl (C=O) groups excluding carboxylic acids is 1. The van der Waals surface area contributed by atoms with Crippen LogP contribution < -0.4 is 10.1 Å². The molecule has 210 valence electrons. The Morgan fingerprint density at radius 2 is 1.75 bits per heavy atom. The van der Waals surface area contributed by atoms with Crippen molar-refractivity contribution >= 4 is 28.7 Å². The van der Waals surface area contributed by atoms with E-state index in [1.807, 2.05) is 64.1 Å². The predicted molar refractivity (Wildman–Crippen MR) is 163 cm³/mol. The average Bonchev–Trinajstić information content (AvgIpc) is 2.95. The van der Waals surface area contributed by atoms with Gasteiger partial charge in [0.05, 0.1) is 11.4 Å². The molecule has 0 unspecified atom stereocenters. The maximum atomic E-state index is 15.0. The van der Waals surface area contributed by atoms with E-state index in [1.54, 1.807) is 19.9 Å². The van der Waals surface area contributed by atoms with Crippen molar-refractivity contribution in [1.82, 2.24) is 0 Å². The van der Waals surface area contributed by atoms with Crippen molar-refractivity contribution < 1.29 is 18.3 Å². The summed E-state index contributed by atoms with van der Waals surface area (Å²) in [6.07, 6.45) is 12.7. The quantitative estimate of drug-likeness (QED) is 0.125. The van der Waals surface area contributed by atoms with Crippen molar-refractivity contribution in [1.29, 1.82) is 0 Å². The van der Waals surface area contributed by atoms with Crippen molar-refractivity contribution in [2.24, 2.45) is 9.98 Å². The minimum Gasteiger partial charge on any atom is -0.436 e. The number of hydrogen-bond donors (Lipinski definition) is 1. The first-order chi connectivity index (χ1) is 19.2. The van der Waals surface area contributed by atoms with Gasteiger partial charge < -0.3 is 10.1 Å². The molecule has 0 bridgehead atoms. The first kappa shape index (κ1) is 31.8. The summed E-state index contributed by atoms with van der Waals surface area (Å²) < 4.78 is 35.2. The molecule has 0 spiro atoms. The lowest BCUT2D eigenvalue weighted by Gasteiger charge is -2.14. The summed E-state index contributed by atoms with van der Waals surface area (Å²) in [6.45, 7) is 14.5. The summed E-state index contributed by atoms with van der Waals surface area (Å²) in [5.41, 5.74) is 4.34. The molecular formula is C33H37F2N3O2. The Kier molecular flexibility index (Phi) is 12.6. The van der Waals surface area contributed by atoms with E-state index in [-0.39, 0.29) is 23.0 Å². The van der Waals surface area contributed by atoms with E-state index in [2.05, 4.69) is 21.9 Å². The number of aryl methyl sites for hydroxylation is 1. The fourth-order valence-electron chi connectivity index (χ4n) is 3.72. The number of carbonyl (C=O) groups is 1. The van der Waals surface area contributed by atoms with Gasteiger partial charge in [-0.3, -0.25) is 9.79 Å². The summed E-state index contributed by atoms with van der Waals surface area (Å²) in [7, 11) is 0. The van der Waals surface area contributed by atoms with E-state index < -0.39 is 11.6 Å². The van der Waals surface area contributed by atoms with Crippen LogP contribution in [0.25, 0.3) is 5.57 Å². The largest absolute Gasteiger partial charge is 0.436 e. The van der Waals surface area contributed by atoms with E-state index in [0.29, 0.717) is 23.4 Å². The summed E-state index contributed by atoms with van der Waals surface area (Å²) in [5.74, 6) is -2.26. The predicted octanol–water partition coefficient (Wildman–Crippen LogP) is 9.01. The number of Topliss-reactive ketones (excluding diaryl/α,β-unsaturated/α-hetero) is 1. The van der Waals surface area contributed by atoms with Crippen LogP contribution in [-0.4, -0.2) is 17.4 Å². The third-order valence-corrected chi connectivity index (χ3v) is 5.90. The zero-order chi connectivity index (χ0) is 29.7. The SMILES string of the molecule is C=C/N=C(\C=C/C)Oc1ccc(/C(C)=C/N=C(C)/C(=C\C=C/C)Nc2ccc(C(=O)CC)c(CC)c2)c(F)c1F. The molecule has 0 aliphatic carbocycles. The molecule has 7 heteroatoms. The highest BCUT2D eigenvalue weighted by molar-refractivity contribution is 6.02. The Bertz CT molecular complexity index is 1410. The molecule has 0 heterocycles. The van der Waals surface area contributed by atoms with Crippen molar-refractivity contribution in [3.8, 4) is 5.75 Å². The summed E-state index contributed by atoms with van der Waals surface area (Å²) >= 11 is 0. The second-order valence-corrected chi connectivity index (χ2v) is 8.75. The maximum absolute atomic E-state index is 15.0. The minimum absolute atomic E-state index is 0.0605. The molecule has 2 aromatic rings. The van der Waals surface area contributed by atoms with Gasteiger partial charge in [0.2, 0.25) is 11.7 Å². The van der Waals surface area contributed by atoms with Crippen LogP contribution in [0.5, 0.6) is 5.75 Å².